The fraction of sp³-hybridized carbons (Fsp3) is 0.771. The Hall–Kier alpha value is -2.67. The summed E-state index contributed by atoms with van der Waals surface area (Å²) in [6.45, 7) is 4.84. The van der Waals surface area contributed by atoms with Crippen LogP contribution in [0, 0.1) is 0 Å². The molecule has 0 rings (SSSR count). The average Bonchev–Trinajstić information content (AvgIpc) is 3.17. The van der Waals surface area contributed by atoms with E-state index in [0.29, 0.717) is 32.2 Å². The molecule has 1 amide bonds. The molecule has 7 heteroatoms. The maximum absolute atomic E-state index is 12.8. The molecule has 0 aliphatic rings. The van der Waals surface area contributed by atoms with Gasteiger partial charge in [0.15, 0.2) is 0 Å². The first-order valence-electron chi connectivity index (χ1n) is 23.0. The Kier molecular flexibility index (Phi) is 40.4. The topological polar surface area (TPSA) is 119 Å². The third kappa shape index (κ3) is 39.4. The van der Waals surface area contributed by atoms with Crippen LogP contribution >= 0.6 is 0 Å². The van der Waals surface area contributed by atoms with Crippen molar-refractivity contribution in [1.29, 1.82) is 0 Å². The Morgan fingerprint density at radius 2 is 1.00 bits per heavy atom. The van der Waals surface area contributed by atoms with Crippen molar-refractivity contribution in [2.45, 2.75) is 231 Å². The van der Waals surface area contributed by atoms with E-state index >= 15 is 0 Å². The third-order valence-corrected chi connectivity index (χ3v) is 10.2. The summed E-state index contributed by atoms with van der Waals surface area (Å²) >= 11 is 0. The first-order valence-corrected chi connectivity index (χ1v) is 23.0. The Morgan fingerprint density at radius 1 is 0.545 bits per heavy atom. The number of unbranched alkanes of at least 4 members (excludes halogenated alkanes) is 19. The van der Waals surface area contributed by atoms with Gasteiger partial charge in [-0.25, -0.2) is 4.79 Å². The molecule has 55 heavy (non-hydrogen) atoms. The zero-order valence-corrected chi connectivity index (χ0v) is 35.8. The summed E-state index contributed by atoms with van der Waals surface area (Å²) < 4.78 is 6.05. The van der Waals surface area contributed by atoms with Crippen molar-refractivity contribution in [2.75, 3.05) is 6.54 Å². The number of rotatable bonds is 41. The fourth-order valence-corrected chi connectivity index (χ4v) is 6.74. The third-order valence-electron chi connectivity index (χ3n) is 10.2. The van der Waals surface area contributed by atoms with Crippen molar-refractivity contribution < 1.29 is 24.2 Å². The summed E-state index contributed by atoms with van der Waals surface area (Å²) in [4.78, 5) is 36.4. The first kappa shape index (κ1) is 52.3. The number of carbonyl (C=O) groups is 3. The number of carboxylic acids is 1. The predicted molar refractivity (Wildman–Crippen MR) is 234 cm³/mol. The highest BCUT2D eigenvalue weighted by Crippen LogP contribution is 2.19. The molecule has 0 heterocycles. The first-order chi connectivity index (χ1) is 26.9. The number of esters is 1. The minimum Gasteiger partial charge on any atom is -0.480 e. The predicted octanol–water partition coefficient (Wildman–Crippen LogP) is 13.2. The number of nitrogens with two attached hydrogens (primary N) is 1. The molecule has 318 valence electrons. The molecule has 0 radical (unpaired) electrons. The van der Waals surface area contributed by atoms with E-state index in [1.807, 2.05) is 0 Å². The Balaban J connectivity index is 4.35. The number of carbonyl (C=O) groups excluding carboxylic acids is 2. The minimum atomic E-state index is -1.01. The second kappa shape index (κ2) is 42.5. The molecule has 0 saturated heterocycles. The lowest BCUT2D eigenvalue weighted by Crippen LogP contribution is -2.40. The van der Waals surface area contributed by atoms with Crippen molar-refractivity contribution in [2.24, 2.45) is 5.73 Å². The minimum absolute atomic E-state index is 0.000953. The van der Waals surface area contributed by atoms with E-state index in [1.165, 1.54) is 70.6 Å². The van der Waals surface area contributed by atoms with Crippen LogP contribution in [0.5, 0.6) is 0 Å². The lowest BCUT2D eigenvalue weighted by molar-refractivity contribution is -0.150. The number of amides is 1. The van der Waals surface area contributed by atoms with Gasteiger partial charge < -0.3 is 20.9 Å². The summed E-state index contributed by atoms with van der Waals surface area (Å²) in [5.41, 5.74) is 5.49. The zero-order valence-electron chi connectivity index (χ0n) is 35.8. The van der Waals surface area contributed by atoms with E-state index in [0.717, 1.165) is 109 Å². The number of carboxylic acid groups (broad SMARTS) is 1. The Morgan fingerprint density at radius 3 is 1.51 bits per heavy atom. The van der Waals surface area contributed by atoms with E-state index in [4.69, 9.17) is 10.5 Å². The monoisotopic (exact) mass is 771 g/mol. The van der Waals surface area contributed by atoms with Gasteiger partial charge in [0.05, 0.1) is 0 Å². The maximum atomic E-state index is 12.8. The lowest BCUT2D eigenvalue weighted by atomic mass is 10.0. The van der Waals surface area contributed by atoms with Gasteiger partial charge in [0.1, 0.15) is 12.1 Å². The van der Waals surface area contributed by atoms with Crippen LogP contribution in [0.2, 0.25) is 0 Å². The molecule has 0 bridgehead atoms. The molecular formula is C48H86N2O5. The number of aliphatic carboxylic acids is 1. The highest BCUT2D eigenvalue weighted by molar-refractivity contribution is 5.83. The van der Waals surface area contributed by atoms with Crippen molar-refractivity contribution in [3.05, 3.63) is 48.6 Å². The molecule has 2 unspecified atom stereocenters. The maximum Gasteiger partial charge on any atom is 0.326 e. The molecule has 0 saturated carbocycles. The molecule has 0 aromatic heterocycles. The Bertz CT molecular complexity index is 1000. The normalized spacial score (nSPS) is 13.1. The van der Waals surface area contributed by atoms with Gasteiger partial charge in [0.2, 0.25) is 5.91 Å². The fourth-order valence-electron chi connectivity index (χ4n) is 6.74. The second-order valence-electron chi connectivity index (χ2n) is 15.4. The van der Waals surface area contributed by atoms with E-state index in [2.05, 4.69) is 67.8 Å². The number of allylic oxidation sites excluding steroid dienone is 8. The number of ether oxygens (including phenoxy) is 1. The van der Waals surface area contributed by atoms with Crippen molar-refractivity contribution in [3.63, 3.8) is 0 Å². The van der Waals surface area contributed by atoms with Gasteiger partial charge in [-0.15, -0.1) is 0 Å². The smallest absolute Gasteiger partial charge is 0.326 e. The van der Waals surface area contributed by atoms with Crippen LogP contribution in [0.4, 0.5) is 0 Å². The van der Waals surface area contributed by atoms with Crippen molar-refractivity contribution in [1.82, 2.24) is 5.32 Å². The number of hydrogen-bond donors (Lipinski definition) is 3. The van der Waals surface area contributed by atoms with Crippen LogP contribution in [0.15, 0.2) is 48.6 Å². The van der Waals surface area contributed by atoms with Crippen LogP contribution in [0.1, 0.15) is 219 Å². The molecule has 0 aromatic rings. The van der Waals surface area contributed by atoms with Crippen LogP contribution in [0.25, 0.3) is 0 Å². The van der Waals surface area contributed by atoms with Gasteiger partial charge in [-0.2, -0.15) is 0 Å². The van der Waals surface area contributed by atoms with Gasteiger partial charge in [-0.3, -0.25) is 9.59 Å². The molecule has 0 spiro atoms. The van der Waals surface area contributed by atoms with E-state index in [-0.39, 0.29) is 18.0 Å². The van der Waals surface area contributed by atoms with Crippen LogP contribution < -0.4 is 11.1 Å². The van der Waals surface area contributed by atoms with E-state index in [1.54, 1.807) is 0 Å². The molecule has 0 aliphatic heterocycles. The Labute approximate surface area is 338 Å². The summed E-state index contributed by atoms with van der Waals surface area (Å²) in [6, 6.07) is -0.859. The van der Waals surface area contributed by atoms with E-state index in [9.17, 15) is 19.5 Å². The molecule has 4 N–H and O–H groups in total. The van der Waals surface area contributed by atoms with Crippen LogP contribution in [0.3, 0.4) is 0 Å². The van der Waals surface area contributed by atoms with Crippen LogP contribution in [-0.2, 0) is 19.1 Å². The van der Waals surface area contributed by atoms with Gasteiger partial charge in [-0.1, -0.05) is 165 Å². The van der Waals surface area contributed by atoms with Gasteiger partial charge in [0, 0.05) is 12.8 Å². The summed E-state index contributed by atoms with van der Waals surface area (Å²) in [6.07, 6.45) is 51.5. The zero-order chi connectivity index (χ0) is 40.3. The van der Waals surface area contributed by atoms with Gasteiger partial charge >= 0.3 is 11.9 Å². The number of hydrogen-bond acceptors (Lipinski definition) is 5. The molecule has 2 atom stereocenters. The van der Waals surface area contributed by atoms with E-state index < -0.39 is 12.0 Å². The largest absolute Gasteiger partial charge is 0.480 e. The van der Waals surface area contributed by atoms with Crippen LogP contribution in [-0.4, -0.2) is 41.6 Å². The highest BCUT2D eigenvalue weighted by atomic mass is 16.5. The average molecular weight is 771 g/mol. The standard InChI is InChI=1S/C48H86N2O5/c1-3-5-7-9-11-13-15-17-18-19-20-21-23-25-27-32-36-42-47(52)55-44(38-33-29-26-24-22-16-14-12-10-8-6-4-2)39-34-30-28-31-35-41-46(51)50-45(48(53)54)40-37-43-49/h5,7,11,13,17-18,20-21,44-45H,3-4,6,8-10,12,14-16,19,22-43,49H2,1-2H3,(H,50,51)(H,53,54)/b7-5-,13-11-,18-17-,21-20-. The van der Waals surface area contributed by atoms with Gasteiger partial charge in [0.25, 0.3) is 0 Å². The summed E-state index contributed by atoms with van der Waals surface area (Å²) in [7, 11) is 0. The lowest BCUT2D eigenvalue weighted by Gasteiger charge is -2.18. The molecule has 0 fully saturated rings. The molecule has 7 nitrogen and oxygen atoms in total. The number of nitrogens with one attached hydrogen (secondary N) is 1. The summed E-state index contributed by atoms with van der Waals surface area (Å²) in [5.74, 6) is -1.25. The molecule has 0 aromatic carbocycles. The van der Waals surface area contributed by atoms with Crippen molar-refractivity contribution >= 4 is 17.8 Å². The molecular weight excluding hydrogens is 685 g/mol. The highest BCUT2D eigenvalue weighted by Gasteiger charge is 2.19. The second-order valence-corrected chi connectivity index (χ2v) is 15.4. The SMILES string of the molecule is CC/C=C\C/C=C\C/C=C\C/C=C\CCCCCCC(=O)OC(CCCCCCCCCCCCCC)CCCCCCCC(=O)NC(CCCN)C(=O)O. The van der Waals surface area contributed by atoms with Crippen molar-refractivity contribution in [3.8, 4) is 0 Å². The summed E-state index contributed by atoms with van der Waals surface area (Å²) in [5, 5.41) is 11.9. The quantitative estimate of drug-likeness (QED) is 0.0324. The molecule has 0 aliphatic carbocycles. The van der Waals surface area contributed by atoms with Gasteiger partial charge in [-0.05, 0) is 96.4 Å².